The van der Waals surface area contributed by atoms with E-state index < -0.39 is 0 Å². The predicted molar refractivity (Wildman–Crippen MR) is 103 cm³/mol. The average Bonchev–Trinajstić information content (AvgIpc) is 3.28. The number of pyridine rings is 1. The Balaban J connectivity index is 1.70. The highest BCUT2D eigenvalue weighted by atomic mass is 32.1. The van der Waals surface area contributed by atoms with Crippen LogP contribution in [-0.4, -0.2) is 33.0 Å². The van der Waals surface area contributed by atoms with Gasteiger partial charge < -0.3 is 9.88 Å². The highest BCUT2D eigenvalue weighted by molar-refractivity contribution is 7.18. The zero-order valence-corrected chi connectivity index (χ0v) is 14.9. The number of rotatable bonds is 2. The lowest BCUT2D eigenvalue weighted by Gasteiger charge is -2.28. The first-order chi connectivity index (χ1) is 12.3. The summed E-state index contributed by atoms with van der Waals surface area (Å²) in [5.74, 6) is 1.86. The van der Waals surface area contributed by atoms with E-state index in [1.54, 1.807) is 11.3 Å². The van der Waals surface area contributed by atoms with E-state index in [1.807, 2.05) is 18.5 Å². The number of aryl methyl sites for hydroxylation is 1. The van der Waals surface area contributed by atoms with Crippen LogP contribution in [0.15, 0.2) is 29.9 Å². The Morgan fingerprint density at radius 3 is 2.92 bits per heavy atom. The molecule has 0 saturated carbocycles. The molecule has 1 N–H and O–H groups in total. The second-order valence-electron chi connectivity index (χ2n) is 6.65. The van der Waals surface area contributed by atoms with Crippen LogP contribution in [0.5, 0.6) is 0 Å². The monoisotopic (exact) mass is 349 g/mol. The van der Waals surface area contributed by atoms with Gasteiger partial charge in [-0.3, -0.25) is 0 Å². The van der Waals surface area contributed by atoms with Crippen LogP contribution in [0.3, 0.4) is 0 Å². The van der Waals surface area contributed by atoms with Gasteiger partial charge in [0.1, 0.15) is 5.65 Å². The molecular formula is C19H19N5S. The maximum absolute atomic E-state index is 4.97. The zero-order chi connectivity index (χ0) is 16.8. The summed E-state index contributed by atoms with van der Waals surface area (Å²) >= 11 is 1.75. The molecule has 5 heterocycles. The molecule has 0 spiro atoms. The third-order valence-electron chi connectivity index (χ3n) is 4.89. The van der Waals surface area contributed by atoms with Gasteiger partial charge in [-0.2, -0.15) is 0 Å². The van der Waals surface area contributed by atoms with Crippen molar-refractivity contribution in [3.63, 3.8) is 0 Å². The van der Waals surface area contributed by atoms with Crippen molar-refractivity contribution < 1.29 is 0 Å². The van der Waals surface area contributed by atoms with Crippen LogP contribution < -0.4 is 4.90 Å². The summed E-state index contributed by atoms with van der Waals surface area (Å²) in [4.78, 5) is 19.9. The number of fused-ring (bicyclic) bond motifs is 2. The summed E-state index contributed by atoms with van der Waals surface area (Å²) in [5.41, 5.74) is 4.16. The first-order valence-corrected chi connectivity index (χ1v) is 9.62. The molecule has 0 aromatic carbocycles. The molecular weight excluding hydrogens is 330 g/mol. The molecule has 0 amide bonds. The number of nitrogens with zero attached hydrogens (tertiary/aromatic N) is 4. The van der Waals surface area contributed by atoms with E-state index in [2.05, 4.69) is 33.2 Å². The van der Waals surface area contributed by atoms with Gasteiger partial charge in [0, 0.05) is 36.4 Å². The summed E-state index contributed by atoms with van der Waals surface area (Å²) in [6, 6.07) is 4.15. The van der Waals surface area contributed by atoms with E-state index in [-0.39, 0.29) is 0 Å². The molecule has 0 atom stereocenters. The Morgan fingerprint density at radius 2 is 2.04 bits per heavy atom. The number of thiophene rings is 1. The predicted octanol–water partition coefficient (Wildman–Crippen LogP) is 4.53. The SMILES string of the molecule is Cc1csc2c(N3CCCCC3)nc(-c3cnc4[nH]ccc4c3)nc12. The number of aromatic amines is 1. The summed E-state index contributed by atoms with van der Waals surface area (Å²) < 4.78 is 1.21. The molecule has 0 radical (unpaired) electrons. The molecule has 5 nitrogen and oxygen atoms in total. The Morgan fingerprint density at radius 1 is 1.16 bits per heavy atom. The second-order valence-corrected chi connectivity index (χ2v) is 7.53. The molecule has 0 aliphatic carbocycles. The molecule has 126 valence electrons. The number of hydrogen-bond donors (Lipinski definition) is 1. The van der Waals surface area contributed by atoms with Crippen LogP contribution in [0.4, 0.5) is 5.82 Å². The van der Waals surface area contributed by atoms with Crippen molar-refractivity contribution in [2.45, 2.75) is 26.2 Å². The average molecular weight is 349 g/mol. The van der Waals surface area contributed by atoms with E-state index in [9.17, 15) is 0 Å². The zero-order valence-electron chi connectivity index (χ0n) is 14.1. The largest absolute Gasteiger partial charge is 0.355 e. The van der Waals surface area contributed by atoms with Crippen molar-refractivity contribution >= 4 is 38.4 Å². The van der Waals surface area contributed by atoms with Crippen LogP contribution in [0.25, 0.3) is 32.6 Å². The standard InChI is InChI=1S/C19H19N5S/c1-12-11-25-16-15(12)22-18(23-19(16)24-7-3-2-4-8-24)14-9-13-5-6-20-17(13)21-10-14/h5-6,9-11H,2-4,7-8H2,1H3,(H,20,21). The molecule has 1 fully saturated rings. The lowest BCUT2D eigenvalue weighted by molar-refractivity contribution is 0.575. The fraction of sp³-hybridized carbons (Fsp3) is 0.316. The Hall–Kier alpha value is -2.47. The minimum Gasteiger partial charge on any atom is -0.355 e. The molecule has 1 saturated heterocycles. The molecule has 25 heavy (non-hydrogen) atoms. The van der Waals surface area contributed by atoms with Crippen molar-refractivity contribution in [1.82, 2.24) is 19.9 Å². The van der Waals surface area contributed by atoms with Gasteiger partial charge in [0.15, 0.2) is 11.6 Å². The van der Waals surface area contributed by atoms with E-state index in [4.69, 9.17) is 9.97 Å². The number of aromatic nitrogens is 4. The van der Waals surface area contributed by atoms with Gasteiger partial charge in [-0.05, 0) is 49.3 Å². The first kappa shape index (κ1) is 14.8. The summed E-state index contributed by atoms with van der Waals surface area (Å²) in [6.45, 7) is 4.29. The maximum Gasteiger partial charge on any atom is 0.163 e. The van der Waals surface area contributed by atoms with Gasteiger partial charge in [0.25, 0.3) is 0 Å². The van der Waals surface area contributed by atoms with Gasteiger partial charge in [-0.1, -0.05) is 0 Å². The summed E-state index contributed by atoms with van der Waals surface area (Å²) in [6.07, 6.45) is 7.56. The molecule has 1 aliphatic rings. The highest BCUT2D eigenvalue weighted by Crippen LogP contribution is 2.35. The minimum atomic E-state index is 0.769. The normalized spacial score (nSPS) is 15.3. The summed E-state index contributed by atoms with van der Waals surface area (Å²) in [5, 5.41) is 3.27. The van der Waals surface area contributed by atoms with E-state index in [1.165, 1.54) is 29.5 Å². The van der Waals surface area contributed by atoms with E-state index in [0.29, 0.717) is 0 Å². The lowest BCUT2D eigenvalue weighted by atomic mass is 10.1. The molecule has 1 aliphatic heterocycles. The fourth-order valence-corrected chi connectivity index (χ4v) is 4.53. The van der Waals surface area contributed by atoms with Gasteiger partial charge in [-0.15, -0.1) is 11.3 Å². The van der Waals surface area contributed by atoms with Crippen molar-refractivity contribution in [3.05, 3.63) is 35.5 Å². The van der Waals surface area contributed by atoms with E-state index in [0.717, 1.165) is 46.8 Å². The number of nitrogens with one attached hydrogen (secondary N) is 1. The topological polar surface area (TPSA) is 57.7 Å². The van der Waals surface area contributed by atoms with Crippen LogP contribution >= 0.6 is 11.3 Å². The molecule has 6 heteroatoms. The third kappa shape index (κ3) is 2.48. The number of piperidine rings is 1. The summed E-state index contributed by atoms with van der Waals surface area (Å²) in [7, 11) is 0. The maximum atomic E-state index is 4.97. The number of anilines is 1. The van der Waals surface area contributed by atoms with Gasteiger partial charge >= 0.3 is 0 Å². The van der Waals surface area contributed by atoms with Crippen LogP contribution in [-0.2, 0) is 0 Å². The second kappa shape index (κ2) is 5.81. The molecule has 0 unspecified atom stereocenters. The minimum absolute atomic E-state index is 0.769. The Kier molecular flexibility index (Phi) is 3.45. The van der Waals surface area contributed by atoms with E-state index >= 15 is 0 Å². The van der Waals surface area contributed by atoms with Crippen LogP contribution in [0.2, 0.25) is 0 Å². The number of H-pyrrole nitrogens is 1. The van der Waals surface area contributed by atoms with Crippen molar-refractivity contribution in [2.75, 3.05) is 18.0 Å². The lowest BCUT2D eigenvalue weighted by Crippen LogP contribution is -2.30. The molecule has 4 aromatic heterocycles. The Labute approximate surface area is 149 Å². The number of hydrogen-bond acceptors (Lipinski definition) is 5. The quantitative estimate of drug-likeness (QED) is 0.577. The van der Waals surface area contributed by atoms with Crippen LogP contribution in [0, 0.1) is 6.92 Å². The van der Waals surface area contributed by atoms with Crippen molar-refractivity contribution in [2.24, 2.45) is 0 Å². The van der Waals surface area contributed by atoms with Gasteiger partial charge in [-0.25, -0.2) is 15.0 Å². The van der Waals surface area contributed by atoms with Gasteiger partial charge in [0.05, 0.1) is 10.2 Å². The molecule has 5 rings (SSSR count). The van der Waals surface area contributed by atoms with Crippen molar-refractivity contribution in [1.29, 1.82) is 0 Å². The first-order valence-electron chi connectivity index (χ1n) is 8.74. The van der Waals surface area contributed by atoms with Crippen molar-refractivity contribution in [3.8, 4) is 11.4 Å². The molecule has 0 bridgehead atoms. The Bertz CT molecular complexity index is 1060. The van der Waals surface area contributed by atoms with Crippen LogP contribution in [0.1, 0.15) is 24.8 Å². The van der Waals surface area contributed by atoms with Gasteiger partial charge in [0.2, 0.25) is 0 Å². The highest BCUT2D eigenvalue weighted by Gasteiger charge is 2.20. The molecule has 4 aromatic rings. The third-order valence-corrected chi connectivity index (χ3v) is 5.97. The fourth-order valence-electron chi connectivity index (χ4n) is 3.53. The smallest absolute Gasteiger partial charge is 0.163 e.